The summed E-state index contributed by atoms with van der Waals surface area (Å²) >= 11 is 12.5. The van der Waals surface area contributed by atoms with Gasteiger partial charge < -0.3 is 10.1 Å². The summed E-state index contributed by atoms with van der Waals surface area (Å²) < 4.78 is 13.8. The van der Waals surface area contributed by atoms with E-state index in [1.54, 1.807) is 18.2 Å². The van der Waals surface area contributed by atoms with Crippen molar-refractivity contribution in [3.05, 3.63) is 46.5 Å². The van der Waals surface area contributed by atoms with E-state index >= 15 is 0 Å². The van der Waals surface area contributed by atoms with Gasteiger partial charge in [0.25, 0.3) is 5.91 Å². The van der Waals surface area contributed by atoms with Crippen LogP contribution in [0.4, 0.5) is 5.69 Å². The predicted molar refractivity (Wildman–Crippen MR) is 108 cm³/mol. The van der Waals surface area contributed by atoms with Gasteiger partial charge in [0, 0.05) is 5.56 Å². The van der Waals surface area contributed by atoms with Crippen LogP contribution in [0.1, 0.15) is 22.8 Å². The van der Waals surface area contributed by atoms with Crippen molar-refractivity contribution in [2.45, 2.75) is 13.8 Å². The Kier molecular flexibility index (Phi) is 5.65. The van der Waals surface area contributed by atoms with Crippen LogP contribution in [0.15, 0.2) is 30.3 Å². The number of aromatic nitrogens is 2. The van der Waals surface area contributed by atoms with Crippen molar-refractivity contribution < 1.29 is 9.53 Å². The number of thiocarbonyl (C=S) groups is 1. The maximum Gasteiger partial charge on any atom is 0.257 e. The molecule has 0 aliphatic heterocycles. The molecule has 26 heavy (non-hydrogen) atoms. The number of halogens is 1. The quantitative estimate of drug-likeness (QED) is 0.633. The third-order valence-corrected chi connectivity index (χ3v) is 4.64. The fourth-order valence-electron chi connectivity index (χ4n) is 2.34. The first-order valence-electron chi connectivity index (χ1n) is 7.76. The molecule has 2 aromatic carbocycles. The van der Waals surface area contributed by atoms with Crippen LogP contribution in [0, 0.1) is 6.92 Å². The van der Waals surface area contributed by atoms with E-state index in [4.69, 9.17) is 28.6 Å². The molecule has 2 N–H and O–H groups in total. The van der Waals surface area contributed by atoms with Crippen LogP contribution in [-0.4, -0.2) is 26.4 Å². The average molecular weight is 407 g/mol. The van der Waals surface area contributed by atoms with Gasteiger partial charge in [-0.1, -0.05) is 17.7 Å². The summed E-state index contributed by atoms with van der Waals surface area (Å²) in [7, 11) is 0. The Balaban J connectivity index is 1.73. The van der Waals surface area contributed by atoms with Gasteiger partial charge in [0.05, 0.1) is 29.0 Å². The molecule has 0 radical (unpaired) electrons. The zero-order valence-corrected chi connectivity index (χ0v) is 16.4. The molecule has 0 fully saturated rings. The fraction of sp³-hybridized carbons (Fsp3) is 0.176. The number of carbonyl (C=O) groups excluding carboxylic acids is 1. The molecule has 1 aromatic heterocycles. The van der Waals surface area contributed by atoms with Gasteiger partial charge in [0.1, 0.15) is 16.8 Å². The van der Waals surface area contributed by atoms with E-state index in [0.717, 1.165) is 34.0 Å². The molecule has 9 heteroatoms. The smallest absolute Gasteiger partial charge is 0.257 e. The number of fused-ring (bicyclic) bond motifs is 1. The zero-order chi connectivity index (χ0) is 18.7. The second-order valence-electron chi connectivity index (χ2n) is 5.38. The van der Waals surface area contributed by atoms with Gasteiger partial charge in [-0.25, -0.2) is 0 Å². The maximum absolute atomic E-state index is 12.4. The first kappa shape index (κ1) is 18.5. The third-order valence-electron chi connectivity index (χ3n) is 3.60. The molecule has 3 aromatic rings. The Hall–Kier alpha value is -2.29. The zero-order valence-electron chi connectivity index (χ0n) is 14.0. The van der Waals surface area contributed by atoms with Crippen molar-refractivity contribution in [1.82, 2.24) is 14.1 Å². The van der Waals surface area contributed by atoms with Crippen molar-refractivity contribution in [2.75, 3.05) is 11.9 Å². The van der Waals surface area contributed by atoms with Crippen molar-refractivity contribution in [3.8, 4) is 5.75 Å². The molecule has 0 unspecified atom stereocenters. The highest BCUT2D eigenvalue weighted by molar-refractivity contribution is 7.80. The van der Waals surface area contributed by atoms with Gasteiger partial charge in [-0.05, 0) is 55.9 Å². The first-order valence-corrected chi connectivity index (χ1v) is 9.27. The molecule has 0 aliphatic rings. The molecule has 134 valence electrons. The summed E-state index contributed by atoms with van der Waals surface area (Å²) in [5.74, 6) is 0.165. The molecule has 1 amide bonds. The largest absolute Gasteiger partial charge is 0.492 e. The summed E-state index contributed by atoms with van der Waals surface area (Å²) in [6, 6.07) is 8.64. The normalized spacial score (nSPS) is 10.6. The second-order valence-corrected chi connectivity index (χ2v) is 6.72. The second kappa shape index (κ2) is 7.94. The molecule has 6 nitrogen and oxygen atoms in total. The van der Waals surface area contributed by atoms with Crippen molar-refractivity contribution in [2.24, 2.45) is 0 Å². The van der Waals surface area contributed by atoms with E-state index in [1.807, 2.05) is 26.0 Å². The maximum atomic E-state index is 12.4. The molecular weight excluding hydrogens is 392 g/mol. The number of nitrogens with one attached hydrogen (secondary N) is 2. The van der Waals surface area contributed by atoms with Gasteiger partial charge >= 0.3 is 0 Å². The molecule has 0 bridgehead atoms. The number of ether oxygens (including phenoxy) is 1. The Morgan fingerprint density at radius 2 is 2.12 bits per heavy atom. The summed E-state index contributed by atoms with van der Waals surface area (Å²) in [4.78, 5) is 12.4. The molecule has 3 rings (SSSR count). The van der Waals surface area contributed by atoms with E-state index < -0.39 is 0 Å². The Bertz CT molecular complexity index is 990. The number of amides is 1. The molecule has 0 atom stereocenters. The summed E-state index contributed by atoms with van der Waals surface area (Å²) in [5, 5.41) is 6.21. The standard InChI is InChI=1S/C17H15ClN4O2S2/c1-3-24-13-7-5-10(8-11(13)18)16(23)20-17(25)19-14-9(2)4-6-12-15(14)22-26-21-12/h4-8H,3H2,1-2H3,(H2,19,20,23,25). The van der Waals surface area contributed by atoms with Crippen LogP contribution in [0.5, 0.6) is 5.75 Å². The lowest BCUT2D eigenvalue weighted by Gasteiger charge is -2.12. The molecule has 0 saturated carbocycles. The summed E-state index contributed by atoms with van der Waals surface area (Å²) in [6.07, 6.45) is 0. The van der Waals surface area contributed by atoms with Gasteiger partial charge in [-0.2, -0.15) is 8.75 Å². The van der Waals surface area contributed by atoms with Crippen molar-refractivity contribution in [3.63, 3.8) is 0 Å². The molecular formula is C17H15ClN4O2S2. The van der Waals surface area contributed by atoms with Crippen LogP contribution in [0.25, 0.3) is 11.0 Å². The van der Waals surface area contributed by atoms with Gasteiger partial charge in [0.2, 0.25) is 0 Å². The number of nitrogens with zero attached hydrogens (tertiary/aromatic N) is 2. The molecule has 1 heterocycles. The summed E-state index contributed by atoms with van der Waals surface area (Å²) in [6.45, 7) is 4.29. The third kappa shape index (κ3) is 3.92. The number of carbonyl (C=O) groups is 1. The van der Waals surface area contributed by atoms with E-state index in [0.29, 0.717) is 22.9 Å². The van der Waals surface area contributed by atoms with Crippen molar-refractivity contribution in [1.29, 1.82) is 0 Å². The van der Waals surface area contributed by atoms with Crippen molar-refractivity contribution >= 4 is 63.3 Å². The Morgan fingerprint density at radius 3 is 2.85 bits per heavy atom. The monoisotopic (exact) mass is 406 g/mol. The van der Waals surface area contributed by atoms with Crippen LogP contribution >= 0.6 is 35.5 Å². The van der Waals surface area contributed by atoms with E-state index in [1.165, 1.54) is 0 Å². The number of rotatable bonds is 4. The number of hydrogen-bond acceptors (Lipinski definition) is 6. The van der Waals surface area contributed by atoms with Gasteiger partial charge in [-0.15, -0.1) is 0 Å². The van der Waals surface area contributed by atoms with E-state index in [-0.39, 0.29) is 11.0 Å². The minimum atomic E-state index is -0.367. The first-order chi connectivity index (χ1) is 12.5. The predicted octanol–water partition coefficient (Wildman–Crippen LogP) is 4.18. The van der Waals surface area contributed by atoms with Crippen LogP contribution in [0.2, 0.25) is 5.02 Å². The van der Waals surface area contributed by atoms with Gasteiger partial charge in [0.15, 0.2) is 5.11 Å². The van der Waals surface area contributed by atoms with Gasteiger partial charge in [-0.3, -0.25) is 10.1 Å². The van der Waals surface area contributed by atoms with Crippen LogP contribution in [-0.2, 0) is 0 Å². The molecule has 0 saturated heterocycles. The lowest BCUT2D eigenvalue weighted by molar-refractivity contribution is 0.0977. The SMILES string of the molecule is CCOc1ccc(C(=O)NC(=S)Nc2c(C)ccc3nsnc23)cc1Cl. The number of anilines is 1. The highest BCUT2D eigenvalue weighted by atomic mass is 35.5. The number of hydrogen-bond donors (Lipinski definition) is 2. The van der Waals surface area contributed by atoms with E-state index in [9.17, 15) is 4.79 Å². The minimum absolute atomic E-state index is 0.170. The number of aryl methyl sites for hydroxylation is 1. The van der Waals surface area contributed by atoms with E-state index in [2.05, 4.69) is 19.4 Å². The number of benzene rings is 2. The Morgan fingerprint density at radius 1 is 1.31 bits per heavy atom. The molecule has 0 spiro atoms. The topological polar surface area (TPSA) is 76.1 Å². The highest BCUT2D eigenvalue weighted by Gasteiger charge is 2.14. The average Bonchev–Trinajstić information content (AvgIpc) is 3.08. The minimum Gasteiger partial charge on any atom is -0.492 e. The summed E-state index contributed by atoms with van der Waals surface area (Å²) in [5.41, 5.74) is 3.55. The molecule has 0 aliphatic carbocycles. The van der Waals surface area contributed by atoms with Crippen LogP contribution in [0.3, 0.4) is 0 Å². The highest BCUT2D eigenvalue weighted by Crippen LogP contribution is 2.26. The lowest BCUT2D eigenvalue weighted by Crippen LogP contribution is -2.34. The fourth-order valence-corrected chi connectivity index (χ4v) is 3.32. The Labute approximate surface area is 164 Å². The van der Waals surface area contributed by atoms with Crippen LogP contribution < -0.4 is 15.4 Å². The lowest BCUT2D eigenvalue weighted by atomic mass is 10.1.